The molecular formula is C15H26N4O2. The first-order valence-electron chi connectivity index (χ1n) is 7.62. The van der Waals surface area contributed by atoms with Crippen molar-refractivity contribution in [3.8, 4) is 0 Å². The Labute approximate surface area is 126 Å². The van der Waals surface area contributed by atoms with Crippen LogP contribution in [0.25, 0.3) is 0 Å². The minimum atomic E-state index is -0.248. The van der Waals surface area contributed by atoms with E-state index in [-0.39, 0.29) is 5.60 Å². The van der Waals surface area contributed by atoms with Gasteiger partial charge in [0.2, 0.25) is 0 Å². The monoisotopic (exact) mass is 294 g/mol. The molecule has 1 aliphatic heterocycles. The largest absolute Gasteiger partial charge is 0.378 e. The smallest absolute Gasteiger partial charge is 0.134 e. The summed E-state index contributed by atoms with van der Waals surface area (Å²) in [5, 5.41) is 6.72. The number of hydrogen-bond acceptors (Lipinski definition) is 6. The van der Waals surface area contributed by atoms with Gasteiger partial charge >= 0.3 is 0 Å². The SMILES string of the molecule is CCNc1nc(CC)nc(NCC2(OC)CCOC2)c1C. The summed E-state index contributed by atoms with van der Waals surface area (Å²) in [6.45, 7) is 9.07. The highest BCUT2D eigenvalue weighted by Crippen LogP contribution is 2.25. The van der Waals surface area contributed by atoms with Gasteiger partial charge in [0.1, 0.15) is 23.1 Å². The zero-order chi connectivity index (χ0) is 15.3. The van der Waals surface area contributed by atoms with Gasteiger partial charge < -0.3 is 20.1 Å². The Balaban J connectivity index is 2.16. The minimum Gasteiger partial charge on any atom is -0.378 e. The highest BCUT2D eigenvalue weighted by molar-refractivity contribution is 5.57. The molecule has 0 amide bonds. The van der Waals surface area contributed by atoms with Crippen LogP contribution in [0.3, 0.4) is 0 Å². The topological polar surface area (TPSA) is 68.3 Å². The van der Waals surface area contributed by atoms with E-state index in [2.05, 4.69) is 34.4 Å². The third kappa shape index (κ3) is 3.63. The predicted molar refractivity (Wildman–Crippen MR) is 84.0 cm³/mol. The molecule has 0 bridgehead atoms. The number of anilines is 2. The van der Waals surface area contributed by atoms with E-state index in [9.17, 15) is 0 Å². The van der Waals surface area contributed by atoms with E-state index in [1.165, 1.54) is 0 Å². The molecule has 2 N–H and O–H groups in total. The van der Waals surface area contributed by atoms with Crippen LogP contribution in [0, 0.1) is 6.92 Å². The fraction of sp³-hybridized carbons (Fsp3) is 0.733. The maximum atomic E-state index is 5.65. The number of hydrogen-bond donors (Lipinski definition) is 2. The summed E-state index contributed by atoms with van der Waals surface area (Å²) in [4.78, 5) is 9.14. The average molecular weight is 294 g/mol. The lowest BCUT2D eigenvalue weighted by molar-refractivity contribution is -0.00626. The lowest BCUT2D eigenvalue weighted by Gasteiger charge is -2.26. The fourth-order valence-corrected chi connectivity index (χ4v) is 2.44. The normalized spacial score (nSPS) is 21.5. The quantitative estimate of drug-likeness (QED) is 0.801. The Morgan fingerprint density at radius 2 is 1.95 bits per heavy atom. The van der Waals surface area contributed by atoms with Crippen molar-refractivity contribution in [2.45, 2.75) is 39.2 Å². The van der Waals surface area contributed by atoms with Crippen molar-refractivity contribution in [3.05, 3.63) is 11.4 Å². The summed E-state index contributed by atoms with van der Waals surface area (Å²) < 4.78 is 11.1. The Morgan fingerprint density at radius 3 is 2.48 bits per heavy atom. The predicted octanol–water partition coefficient (Wildman–Crippen LogP) is 2.00. The van der Waals surface area contributed by atoms with Gasteiger partial charge in [-0.3, -0.25) is 0 Å². The second-order valence-corrected chi connectivity index (χ2v) is 5.39. The van der Waals surface area contributed by atoms with Crippen LogP contribution in [0.1, 0.15) is 31.7 Å². The first kappa shape index (κ1) is 16.0. The van der Waals surface area contributed by atoms with Crippen molar-refractivity contribution in [1.29, 1.82) is 0 Å². The molecule has 0 radical (unpaired) electrons. The molecular weight excluding hydrogens is 268 g/mol. The summed E-state index contributed by atoms with van der Waals surface area (Å²) in [6, 6.07) is 0. The van der Waals surface area contributed by atoms with Crippen molar-refractivity contribution in [2.75, 3.05) is 44.0 Å². The molecule has 1 aliphatic rings. The molecule has 0 spiro atoms. The number of aromatic nitrogens is 2. The molecule has 2 rings (SSSR count). The highest BCUT2D eigenvalue weighted by atomic mass is 16.5. The molecule has 1 unspecified atom stereocenters. The average Bonchev–Trinajstić information content (AvgIpc) is 2.97. The van der Waals surface area contributed by atoms with Gasteiger partial charge in [-0.2, -0.15) is 0 Å². The van der Waals surface area contributed by atoms with Gasteiger partial charge in [0.15, 0.2) is 0 Å². The molecule has 6 nitrogen and oxygen atoms in total. The summed E-state index contributed by atoms with van der Waals surface area (Å²) in [6.07, 6.45) is 1.72. The third-order valence-corrected chi connectivity index (χ3v) is 3.93. The van der Waals surface area contributed by atoms with Gasteiger partial charge in [0.05, 0.1) is 6.61 Å². The Bertz CT molecular complexity index is 473. The molecule has 1 aromatic rings. The van der Waals surface area contributed by atoms with E-state index in [0.717, 1.165) is 49.0 Å². The summed E-state index contributed by atoms with van der Waals surface area (Å²) in [5.74, 6) is 2.62. The molecule has 0 aliphatic carbocycles. The van der Waals surface area contributed by atoms with E-state index < -0.39 is 0 Å². The molecule has 2 heterocycles. The third-order valence-electron chi connectivity index (χ3n) is 3.93. The van der Waals surface area contributed by atoms with Crippen molar-refractivity contribution < 1.29 is 9.47 Å². The van der Waals surface area contributed by atoms with E-state index >= 15 is 0 Å². The number of nitrogens with zero attached hydrogens (tertiary/aromatic N) is 2. The number of rotatable bonds is 7. The van der Waals surface area contributed by atoms with Crippen LogP contribution in [0.4, 0.5) is 11.6 Å². The maximum Gasteiger partial charge on any atom is 0.134 e. The van der Waals surface area contributed by atoms with E-state index in [0.29, 0.717) is 13.2 Å². The molecule has 1 fully saturated rings. The number of nitrogens with one attached hydrogen (secondary N) is 2. The van der Waals surface area contributed by atoms with Crippen molar-refractivity contribution in [1.82, 2.24) is 9.97 Å². The zero-order valence-corrected chi connectivity index (χ0v) is 13.5. The Morgan fingerprint density at radius 1 is 1.24 bits per heavy atom. The van der Waals surface area contributed by atoms with Crippen LogP contribution in [-0.4, -0.2) is 49.0 Å². The zero-order valence-electron chi connectivity index (χ0n) is 13.5. The first-order valence-corrected chi connectivity index (χ1v) is 7.62. The van der Waals surface area contributed by atoms with E-state index in [4.69, 9.17) is 9.47 Å². The molecule has 21 heavy (non-hydrogen) atoms. The highest BCUT2D eigenvalue weighted by Gasteiger charge is 2.35. The van der Waals surface area contributed by atoms with Crippen molar-refractivity contribution in [2.24, 2.45) is 0 Å². The lowest BCUT2D eigenvalue weighted by Crippen LogP contribution is -2.40. The van der Waals surface area contributed by atoms with Crippen LogP contribution in [0.5, 0.6) is 0 Å². The number of ether oxygens (including phenoxy) is 2. The van der Waals surface area contributed by atoms with Crippen LogP contribution < -0.4 is 10.6 Å². The fourth-order valence-electron chi connectivity index (χ4n) is 2.44. The van der Waals surface area contributed by atoms with Gasteiger partial charge in [-0.1, -0.05) is 6.92 Å². The standard InChI is InChI=1S/C15H26N4O2/c1-5-12-18-13(16-6-2)11(3)14(19-12)17-9-15(20-4)7-8-21-10-15/h5-10H2,1-4H3,(H2,16,17,18,19). The van der Waals surface area contributed by atoms with E-state index in [1.807, 2.05) is 6.92 Å². The van der Waals surface area contributed by atoms with E-state index in [1.54, 1.807) is 7.11 Å². The number of methoxy groups -OCH3 is 1. The van der Waals surface area contributed by atoms with Gasteiger partial charge in [-0.15, -0.1) is 0 Å². The molecule has 1 saturated heterocycles. The Kier molecular flexibility index (Phi) is 5.36. The summed E-state index contributed by atoms with van der Waals surface area (Å²) >= 11 is 0. The van der Waals surface area contributed by atoms with Crippen LogP contribution >= 0.6 is 0 Å². The van der Waals surface area contributed by atoms with Crippen molar-refractivity contribution in [3.63, 3.8) is 0 Å². The van der Waals surface area contributed by atoms with Gasteiger partial charge in [0, 0.05) is 45.2 Å². The molecule has 0 saturated carbocycles. The van der Waals surface area contributed by atoms with Crippen LogP contribution in [0.15, 0.2) is 0 Å². The van der Waals surface area contributed by atoms with Crippen LogP contribution in [-0.2, 0) is 15.9 Å². The van der Waals surface area contributed by atoms with Gasteiger partial charge in [-0.05, 0) is 13.8 Å². The molecule has 118 valence electrons. The maximum absolute atomic E-state index is 5.65. The Hall–Kier alpha value is -1.40. The van der Waals surface area contributed by atoms with Crippen LogP contribution in [0.2, 0.25) is 0 Å². The second kappa shape index (κ2) is 7.04. The summed E-state index contributed by atoms with van der Waals surface area (Å²) in [5.41, 5.74) is 0.793. The summed E-state index contributed by atoms with van der Waals surface area (Å²) in [7, 11) is 1.74. The van der Waals surface area contributed by atoms with Gasteiger partial charge in [0.25, 0.3) is 0 Å². The van der Waals surface area contributed by atoms with Crippen molar-refractivity contribution >= 4 is 11.6 Å². The lowest BCUT2D eigenvalue weighted by atomic mass is 10.0. The number of aryl methyl sites for hydroxylation is 1. The second-order valence-electron chi connectivity index (χ2n) is 5.39. The molecule has 0 aromatic carbocycles. The molecule has 6 heteroatoms. The van der Waals surface area contributed by atoms with Gasteiger partial charge in [-0.25, -0.2) is 9.97 Å². The molecule has 1 atom stereocenters. The first-order chi connectivity index (χ1) is 10.1. The molecule has 1 aromatic heterocycles. The minimum absolute atomic E-state index is 0.248.